The first kappa shape index (κ1) is 35.5. The summed E-state index contributed by atoms with van der Waals surface area (Å²) in [6, 6.07) is -0.696. The molecule has 0 aromatic rings. The van der Waals surface area contributed by atoms with Crippen molar-refractivity contribution in [2.45, 2.75) is 127 Å². The van der Waals surface area contributed by atoms with Gasteiger partial charge in [0.25, 0.3) is 0 Å². The van der Waals surface area contributed by atoms with Gasteiger partial charge in [-0.3, -0.25) is 0 Å². The molecule has 0 bridgehead atoms. The standard InChI is InChI=1S/2C13H25NO4S/c2*1-7-9(14-19(16)12(2,3)4)11-10(8-15)17-13(5,6)18-11/h2*7,9-11,14-15H,1,8H2,2-6H3/t2*9-,10-,11-,19-/m00/s1. The Kier molecular flexibility index (Phi) is 13.0. The van der Waals surface area contributed by atoms with Crippen molar-refractivity contribution in [1.29, 1.82) is 0 Å². The minimum absolute atomic E-state index is 0.151. The normalized spacial score (nSPS) is 30.0. The van der Waals surface area contributed by atoms with Gasteiger partial charge in [0.2, 0.25) is 0 Å². The number of rotatable bonds is 10. The van der Waals surface area contributed by atoms with Crippen molar-refractivity contribution < 1.29 is 37.6 Å². The largest absolute Gasteiger partial charge is 0.394 e. The second-order valence-corrected chi connectivity index (χ2v) is 16.2. The van der Waals surface area contributed by atoms with Crippen LogP contribution in [-0.4, -0.2) is 89.4 Å². The highest BCUT2D eigenvalue weighted by Crippen LogP contribution is 2.31. The molecule has 2 aliphatic rings. The van der Waals surface area contributed by atoms with Gasteiger partial charge < -0.3 is 29.2 Å². The van der Waals surface area contributed by atoms with E-state index in [-0.39, 0.29) is 34.8 Å². The molecular weight excluding hydrogens is 532 g/mol. The van der Waals surface area contributed by atoms with Gasteiger partial charge in [-0.15, -0.1) is 13.2 Å². The Hall–Kier alpha value is -0.540. The van der Waals surface area contributed by atoms with Gasteiger partial charge in [0.1, 0.15) is 24.4 Å². The summed E-state index contributed by atoms with van der Waals surface area (Å²) in [5.41, 5.74) is 0. The molecule has 0 aromatic carbocycles. The maximum atomic E-state index is 12.1. The lowest BCUT2D eigenvalue weighted by molar-refractivity contribution is -0.150. The van der Waals surface area contributed by atoms with E-state index in [1.165, 1.54) is 0 Å². The minimum Gasteiger partial charge on any atom is -0.394 e. The molecule has 4 N–H and O–H groups in total. The molecule has 2 rings (SSSR count). The fourth-order valence-corrected chi connectivity index (χ4v) is 5.38. The van der Waals surface area contributed by atoms with Crippen LogP contribution in [-0.2, 0) is 40.9 Å². The zero-order chi connectivity index (χ0) is 29.7. The molecule has 2 aliphatic heterocycles. The van der Waals surface area contributed by atoms with Crippen molar-refractivity contribution in [3.63, 3.8) is 0 Å². The number of nitrogens with one attached hydrogen (secondary N) is 2. The van der Waals surface area contributed by atoms with Gasteiger partial charge >= 0.3 is 0 Å². The van der Waals surface area contributed by atoms with Gasteiger partial charge in [0.05, 0.1) is 56.8 Å². The predicted octanol–water partition coefficient (Wildman–Crippen LogP) is 2.21. The van der Waals surface area contributed by atoms with Gasteiger partial charge in [-0.1, -0.05) is 12.2 Å². The molecule has 2 fully saturated rings. The van der Waals surface area contributed by atoms with Crippen molar-refractivity contribution in [1.82, 2.24) is 9.44 Å². The summed E-state index contributed by atoms with van der Waals surface area (Å²) in [5.74, 6) is -1.52. The Morgan fingerprint density at radius 2 is 1.03 bits per heavy atom. The maximum Gasteiger partial charge on any atom is 0.163 e. The molecular formula is C26H50N2O8S2. The summed E-state index contributed by atoms with van der Waals surface area (Å²) < 4.78 is 52.2. The summed E-state index contributed by atoms with van der Waals surface area (Å²) in [6.45, 7) is 25.6. The number of aliphatic hydroxyl groups is 2. The molecule has 0 spiro atoms. The third-order valence-electron chi connectivity index (χ3n) is 5.62. The van der Waals surface area contributed by atoms with Crippen LogP contribution in [0.4, 0.5) is 0 Å². The second kappa shape index (κ2) is 13.9. The summed E-state index contributed by atoms with van der Waals surface area (Å²) in [5, 5.41) is 18.7. The smallest absolute Gasteiger partial charge is 0.163 e. The fraction of sp³-hybridized carbons (Fsp3) is 0.846. The van der Waals surface area contributed by atoms with Crippen LogP contribution in [0.1, 0.15) is 69.2 Å². The second-order valence-electron chi connectivity index (χ2n) is 12.2. The zero-order valence-electron chi connectivity index (χ0n) is 24.6. The van der Waals surface area contributed by atoms with Gasteiger partial charge in [-0.2, -0.15) is 0 Å². The van der Waals surface area contributed by atoms with Crippen LogP contribution in [0.25, 0.3) is 0 Å². The Morgan fingerprint density at radius 1 is 0.737 bits per heavy atom. The number of aliphatic hydroxyl groups excluding tert-OH is 2. The Balaban J connectivity index is 0.000000380. The van der Waals surface area contributed by atoms with Gasteiger partial charge in [-0.05, 0) is 69.2 Å². The van der Waals surface area contributed by atoms with E-state index in [0.29, 0.717) is 0 Å². The average molecular weight is 583 g/mol. The lowest BCUT2D eigenvalue weighted by Gasteiger charge is -2.27. The highest BCUT2D eigenvalue weighted by Gasteiger charge is 2.46. The zero-order valence-corrected chi connectivity index (χ0v) is 26.2. The van der Waals surface area contributed by atoms with E-state index in [4.69, 9.17) is 18.9 Å². The third-order valence-corrected chi connectivity index (χ3v) is 8.81. The first-order valence-corrected chi connectivity index (χ1v) is 15.1. The van der Waals surface area contributed by atoms with Crippen LogP contribution in [0.5, 0.6) is 0 Å². The van der Waals surface area contributed by atoms with E-state index in [2.05, 4.69) is 22.6 Å². The minimum atomic E-state index is -1.24. The summed E-state index contributed by atoms with van der Waals surface area (Å²) in [4.78, 5) is 0. The van der Waals surface area contributed by atoms with Crippen molar-refractivity contribution >= 4 is 22.0 Å². The van der Waals surface area contributed by atoms with E-state index in [0.717, 1.165) is 0 Å². The summed E-state index contributed by atoms with van der Waals surface area (Å²) in [7, 11) is -2.49. The molecule has 2 saturated heterocycles. The number of ether oxygens (including phenoxy) is 4. The summed E-state index contributed by atoms with van der Waals surface area (Å²) >= 11 is 0. The van der Waals surface area contributed by atoms with E-state index >= 15 is 0 Å². The highest BCUT2D eigenvalue weighted by molar-refractivity contribution is 7.84. The molecule has 2 heterocycles. The number of hydrogen-bond donors (Lipinski definition) is 4. The average Bonchev–Trinajstić information content (AvgIpc) is 3.28. The lowest BCUT2D eigenvalue weighted by Crippen LogP contribution is -2.48. The molecule has 0 saturated carbocycles. The molecule has 0 amide bonds. The van der Waals surface area contributed by atoms with Crippen LogP contribution >= 0.6 is 0 Å². The van der Waals surface area contributed by atoms with Crippen molar-refractivity contribution in [2.75, 3.05) is 13.2 Å². The molecule has 0 unspecified atom stereocenters. The molecule has 224 valence electrons. The molecule has 0 aromatic heterocycles. The van der Waals surface area contributed by atoms with Crippen molar-refractivity contribution in [3.8, 4) is 0 Å². The highest BCUT2D eigenvalue weighted by atomic mass is 32.2. The molecule has 8 atom stereocenters. The van der Waals surface area contributed by atoms with Crippen molar-refractivity contribution in [3.05, 3.63) is 25.3 Å². The van der Waals surface area contributed by atoms with E-state index in [1.54, 1.807) is 39.8 Å². The van der Waals surface area contributed by atoms with Crippen LogP contribution in [0.2, 0.25) is 0 Å². The Labute approximate surface area is 234 Å². The first-order valence-electron chi connectivity index (χ1n) is 12.8. The summed E-state index contributed by atoms with van der Waals surface area (Å²) in [6.07, 6.45) is 1.54. The van der Waals surface area contributed by atoms with Gasteiger partial charge in [-0.25, -0.2) is 17.9 Å². The molecule has 12 heteroatoms. The van der Waals surface area contributed by atoms with Crippen LogP contribution in [0, 0.1) is 0 Å². The third kappa shape index (κ3) is 10.5. The monoisotopic (exact) mass is 582 g/mol. The fourth-order valence-electron chi connectivity index (χ4n) is 3.72. The lowest BCUT2D eigenvalue weighted by atomic mass is 10.1. The van der Waals surface area contributed by atoms with E-state index < -0.39 is 58.0 Å². The molecule has 10 nitrogen and oxygen atoms in total. The first-order chi connectivity index (χ1) is 17.2. The van der Waals surface area contributed by atoms with Gasteiger partial charge in [0, 0.05) is 0 Å². The molecule has 0 radical (unpaired) electrons. The van der Waals surface area contributed by atoms with Crippen LogP contribution < -0.4 is 9.44 Å². The SMILES string of the molecule is C=C[C@H](N[S@@](=O)C(C)(C)C)[C@@H]1OC(C)(C)O[C@H]1CO.C=C[C@H](N[S@@](=O)C(C)(C)C)[C@@H]1OC(C)(C)O[C@H]1CO. The van der Waals surface area contributed by atoms with E-state index in [1.807, 2.05) is 41.5 Å². The molecule has 38 heavy (non-hydrogen) atoms. The number of hydrogen-bond acceptors (Lipinski definition) is 8. The Bertz CT molecular complexity index is 770. The maximum absolute atomic E-state index is 12.1. The van der Waals surface area contributed by atoms with E-state index in [9.17, 15) is 18.6 Å². The Morgan fingerprint density at radius 3 is 1.24 bits per heavy atom. The van der Waals surface area contributed by atoms with Crippen molar-refractivity contribution in [2.24, 2.45) is 0 Å². The predicted molar refractivity (Wildman–Crippen MR) is 152 cm³/mol. The molecule has 0 aliphatic carbocycles. The van der Waals surface area contributed by atoms with Gasteiger partial charge in [0.15, 0.2) is 11.6 Å². The quantitative estimate of drug-likeness (QED) is 0.288. The topological polar surface area (TPSA) is 136 Å². The van der Waals surface area contributed by atoms with Crippen LogP contribution in [0.3, 0.4) is 0 Å². The van der Waals surface area contributed by atoms with Crippen LogP contribution in [0.15, 0.2) is 25.3 Å².